The predicted octanol–water partition coefficient (Wildman–Crippen LogP) is 0.268. The van der Waals surface area contributed by atoms with Crippen molar-refractivity contribution in [2.75, 3.05) is 16.8 Å². The van der Waals surface area contributed by atoms with Gasteiger partial charge in [0, 0.05) is 20.1 Å². The van der Waals surface area contributed by atoms with Gasteiger partial charge in [-0.3, -0.25) is 13.9 Å². The molecule has 2 aromatic heterocycles. The molecule has 0 atom stereocenters. The second-order valence-electron chi connectivity index (χ2n) is 5.02. The second kappa shape index (κ2) is 5.01. The van der Waals surface area contributed by atoms with Crippen LogP contribution < -0.4 is 16.6 Å². The maximum atomic E-state index is 12.1. The molecule has 2 aromatic rings. The summed E-state index contributed by atoms with van der Waals surface area (Å²) in [5.74, 6) is 2.84. The van der Waals surface area contributed by atoms with E-state index in [1.54, 1.807) is 7.05 Å². The number of thioether (sulfide) groups is 1. The molecule has 0 aliphatic carbocycles. The number of aryl methyl sites for hydroxylation is 1. The molecule has 1 fully saturated rings. The molecule has 0 bridgehead atoms. The smallest absolute Gasteiger partial charge is 0.332 e. The van der Waals surface area contributed by atoms with Crippen LogP contribution in [-0.4, -0.2) is 36.6 Å². The Kier molecular flexibility index (Phi) is 3.33. The molecule has 0 saturated carbocycles. The highest BCUT2D eigenvalue weighted by Gasteiger charge is 2.17. The van der Waals surface area contributed by atoms with Crippen LogP contribution in [0.15, 0.2) is 9.59 Å². The molecule has 1 aliphatic rings. The summed E-state index contributed by atoms with van der Waals surface area (Å²) in [6.45, 7) is 0. The van der Waals surface area contributed by atoms with E-state index in [0.29, 0.717) is 23.2 Å². The number of nitrogens with one attached hydrogen (secondary N) is 2. The van der Waals surface area contributed by atoms with Gasteiger partial charge < -0.3 is 10.3 Å². The van der Waals surface area contributed by atoms with Crippen molar-refractivity contribution in [3.8, 4) is 0 Å². The highest BCUT2D eigenvalue weighted by atomic mass is 32.2. The molecular weight excluding hydrogens is 278 g/mol. The van der Waals surface area contributed by atoms with E-state index in [9.17, 15) is 9.59 Å². The van der Waals surface area contributed by atoms with E-state index in [2.05, 4.69) is 15.3 Å². The van der Waals surface area contributed by atoms with Crippen molar-refractivity contribution >= 4 is 28.9 Å². The van der Waals surface area contributed by atoms with Crippen LogP contribution in [0.4, 0.5) is 5.95 Å². The van der Waals surface area contributed by atoms with Gasteiger partial charge in [-0.2, -0.15) is 16.7 Å². The Morgan fingerprint density at radius 1 is 1.25 bits per heavy atom. The predicted molar refractivity (Wildman–Crippen MR) is 80.5 cm³/mol. The molecule has 1 saturated heterocycles. The van der Waals surface area contributed by atoms with Crippen LogP contribution in [0.25, 0.3) is 11.2 Å². The number of fused-ring (bicyclic) bond motifs is 1. The summed E-state index contributed by atoms with van der Waals surface area (Å²) < 4.78 is 2.47. The normalized spacial score (nSPS) is 16.7. The van der Waals surface area contributed by atoms with Crippen molar-refractivity contribution in [1.29, 1.82) is 0 Å². The summed E-state index contributed by atoms with van der Waals surface area (Å²) in [6, 6.07) is 0.373. The van der Waals surface area contributed by atoms with Gasteiger partial charge in [-0.1, -0.05) is 0 Å². The lowest BCUT2D eigenvalue weighted by Crippen LogP contribution is -2.36. The van der Waals surface area contributed by atoms with Gasteiger partial charge in [0.15, 0.2) is 11.2 Å². The summed E-state index contributed by atoms with van der Waals surface area (Å²) in [5, 5.41) is 3.32. The van der Waals surface area contributed by atoms with Gasteiger partial charge in [-0.15, -0.1) is 0 Å². The molecule has 0 unspecified atom stereocenters. The van der Waals surface area contributed by atoms with E-state index in [-0.39, 0.29) is 11.2 Å². The third-order valence-electron chi connectivity index (χ3n) is 3.66. The van der Waals surface area contributed by atoms with Crippen molar-refractivity contribution in [2.45, 2.75) is 18.9 Å². The summed E-state index contributed by atoms with van der Waals surface area (Å²) in [5.41, 5.74) is 0.0468. The molecular formula is C12H17N5O2S. The minimum absolute atomic E-state index is 0.345. The third-order valence-corrected chi connectivity index (χ3v) is 4.71. The molecule has 108 valence electrons. The number of hydrogen-bond acceptors (Lipinski definition) is 5. The lowest BCUT2D eigenvalue weighted by atomic mass is 10.2. The van der Waals surface area contributed by atoms with Crippen molar-refractivity contribution in [1.82, 2.24) is 19.1 Å². The monoisotopic (exact) mass is 295 g/mol. The molecule has 3 rings (SSSR count). The highest BCUT2D eigenvalue weighted by molar-refractivity contribution is 7.99. The first-order chi connectivity index (χ1) is 9.58. The summed E-state index contributed by atoms with van der Waals surface area (Å²) in [4.78, 5) is 31.2. The summed E-state index contributed by atoms with van der Waals surface area (Å²) >= 11 is 1.95. The fraction of sp³-hybridized carbons (Fsp3) is 0.583. The first-order valence-corrected chi connectivity index (χ1v) is 7.73. The third kappa shape index (κ3) is 2.13. The second-order valence-corrected chi connectivity index (χ2v) is 6.25. The number of rotatable bonds is 2. The number of aromatic nitrogens is 4. The van der Waals surface area contributed by atoms with Gasteiger partial charge in [-0.25, -0.2) is 4.79 Å². The molecule has 20 heavy (non-hydrogen) atoms. The SMILES string of the molecule is Cn1c(=O)c2[nH]c(NC3CCSCC3)nc2n(C)c1=O. The Morgan fingerprint density at radius 2 is 1.95 bits per heavy atom. The van der Waals surface area contributed by atoms with E-state index >= 15 is 0 Å². The first kappa shape index (κ1) is 13.3. The van der Waals surface area contributed by atoms with Gasteiger partial charge in [-0.05, 0) is 24.3 Å². The molecule has 0 radical (unpaired) electrons. The van der Waals surface area contributed by atoms with Crippen LogP contribution in [0, 0.1) is 0 Å². The van der Waals surface area contributed by atoms with E-state index < -0.39 is 0 Å². The number of nitrogens with zero attached hydrogens (tertiary/aromatic N) is 3. The van der Waals surface area contributed by atoms with Gasteiger partial charge in [0.2, 0.25) is 5.95 Å². The van der Waals surface area contributed by atoms with Gasteiger partial charge in [0.25, 0.3) is 5.56 Å². The molecule has 3 heterocycles. The molecule has 2 N–H and O–H groups in total. The quantitative estimate of drug-likeness (QED) is 0.830. The molecule has 7 nitrogen and oxygen atoms in total. The molecule has 0 spiro atoms. The fourth-order valence-electron chi connectivity index (χ4n) is 2.43. The van der Waals surface area contributed by atoms with E-state index in [4.69, 9.17) is 0 Å². The Bertz CT molecular complexity index is 754. The van der Waals surface area contributed by atoms with Crippen molar-refractivity contribution in [3.05, 3.63) is 20.8 Å². The molecule has 8 heteroatoms. The van der Waals surface area contributed by atoms with Gasteiger partial charge in [0.05, 0.1) is 0 Å². The topological polar surface area (TPSA) is 84.7 Å². The van der Waals surface area contributed by atoms with Gasteiger partial charge >= 0.3 is 5.69 Å². The number of aromatic amines is 1. The number of H-pyrrole nitrogens is 1. The number of anilines is 1. The zero-order chi connectivity index (χ0) is 14.3. The minimum Gasteiger partial charge on any atom is -0.353 e. The van der Waals surface area contributed by atoms with Crippen LogP contribution >= 0.6 is 11.8 Å². The minimum atomic E-state index is -0.366. The van der Waals surface area contributed by atoms with Crippen molar-refractivity contribution in [3.63, 3.8) is 0 Å². The Balaban J connectivity index is 2.02. The fourth-order valence-corrected chi connectivity index (χ4v) is 3.54. The van der Waals surface area contributed by atoms with Crippen molar-refractivity contribution in [2.24, 2.45) is 14.1 Å². The zero-order valence-electron chi connectivity index (χ0n) is 11.5. The largest absolute Gasteiger partial charge is 0.353 e. The summed E-state index contributed by atoms with van der Waals surface area (Å²) in [6.07, 6.45) is 2.16. The number of hydrogen-bond donors (Lipinski definition) is 2. The Morgan fingerprint density at radius 3 is 2.65 bits per heavy atom. The average molecular weight is 295 g/mol. The molecule has 0 amide bonds. The lowest BCUT2D eigenvalue weighted by Gasteiger charge is -2.21. The number of imidazole rings is 1. The molecule has 1 aliphatic heterocycles. The summed E-state index contributed by atoms with van der Waals surface area (Å²) in [7, 11) is 3.09. The van der Waals surface area contributed by atoms with Crippen LogP contribution in [-0.2, 0) is 14.1 Å². The average Bonchev–Trinajstić information content (AvgIpc) is 2.88. The van der Waals surface area contributed by atoms with Crippen molar-refractivity contribution < 1.29 is 0 Å². The molecule has 0 aromatic carbocycles. The Hall–Kier alpha value is -1.70. The first-order valence-electron chi connectivity index (χ1n) is 6.58. The van der Waals surface area contributed by atoms with Crippen LogP contribution in [0.5, 0.6) is 0 Å². The maximum Gasteiger partial charge on any atom is 0.332 e. The standard InChI is InChI=1S/C12H17N5O2S/c1-16-9-8(10(18)17(2)12(16)19)14-11(15-9)13-7-3-5-20-6-4-7/h7H,3-6H2,1-2H3,(H2,13,14,15). The Labute approximate surface area is 119 Å². The maximum absolute atomic E-state index is 12.1. The van der Waals surface area contributed by atoms with E-state index in [1.165, 1.54) is 11.6 Å². The van der Waals surface area contributed by atoms with E-state index in [0.717, 1.165) is 28.9 Å². The zero-order valence-corrected chi connectivity index (χ0v) is 12.3. The van der Waals surface area contributed by atoms with E-state index in [1.807, 2.05) is 11.8 Å². The lowest BCUT2D eigenvalue weighted by molar-refractivity contribution is 0.661. The van der Waals surface area contributed by atoms with Gasteiger partial charge in [0.1, 0.15) is 0 Å². The highest BCUT2D eigenvalue weighted by Crippen LogP contribution is 2.20. The van der Waals surface area contributed by atoms with Crippen LogP contribution in [0.3, 0.4) is 0 Å². The van der Waals surface area contributed by atoms with Crippen LogP contribution in [0.1, 0.15) is 12.8 Å². The van der Waals surface area contributed by atoms with Crippen LogP contribution in [0.2, 0.25) is 0 Å².